The number of ketones is 1. The fraction of sp³-hybridized carbons (Fsp3) is 0.182. The topological polar surface area (TPSA) is 46.2 Å². The van der Waals surface area contributed by atoms with Gasteiger partial charge in [0.15, 0.2) is 5.78 Å². The van der Waals surface area contributed by atoms with E-state index in [1.54, 1.807) is 0 Å². The first kappa shape index (κ1) is 18.4. The molecule has 2 aromatic carbocycles. The van der Waals surface area contributed by atoms with Crippen molar-refractivity contribution in [2.24, 2.45) is 0 Å². The molecule has 0 saturated heterocycles. The van der Waals surface area contributed by atoms with Crippen LogP contribution < -0.4 is 5.32 Å². The highest BCUT2D eigenvalue weighted by Gasteiger charge is 2.17. The largest absolute Gasteiger partial charge is 0.348 e. The van der Waals surface area contributed by atoms with Gasteiger partial charge in [-0.15, -0.1) is 0 Å². The Bertz CT molecular complexity index is 832. The number of carbonyl (C=O) groups is 2. The first-order valence-electron chi connectivity index (χ1n) is 8.21. The van der Waals surface area contributed by atoms with Crippen molar-refractivity contribution < 1.29 is 9.59 Å². The van der Waals surface area contributed by atoms with Crippen molar-refractivity contribution in [3.05, 3.63) is 89.0 Å². The number of rotatable bonds is 6. The van der Waals surface area contributed by atoms with Crippen LogP contribution in [0.15, 0.2) is 66.8 Å². The molecule has 0 spiro atoms. The zero-order valence-electron chi connectivity index (χ0n) is 14.9. The Kier molecular flexibility index (Phi) is 6.07. The first-order chi connectivity index (χ1) is 11.9. The molecule has 3 heteroatoms. The van der Waals surface area contributed by atoms with E-state index < -0.39 is 0 Å². The fourth-order valence-electron chi connectivity index (χ4n) is 2.83. The second-order valence-electron chi connectivity index (χ2n) is 6.02. The summed E-state index contributed by atoms with van der Waals surface area (Å²) >= 11 is 0. The van der Waals surface area contributed by atoms with Crippen LogP contribution in [0.25, 0.3) is 5.57 Å². The van der Waals surface area contributed by atoms with Crippen molar-refractivity contribution >= 4 is 17.3 Å². The van der Waals surface area contributed by atoms with E-state index in [0.29, 0.717) is 5.57 Å². The lowest BCUT2D eigenvalue weighted by Crippen LogP contribution is -2.26. The molecule has 0 aliphatic carbocycles. The highest BCUT2D eigenvalue weighted by Crippen LogP contribution is 2.30. The van der Waals surface area contributed by atoms with Crippen LogP contribution in [0.4, 0.5) is 0 Å². The van der Waals surface area contributed by atoms with Crippen LogP contribution in [0.1, 0.15) is 29.2 Å². The van der Waals surface area contributed by atoms with Gasteiger partial charge in [0.1, 0.15) is 0 Å². The number of benzene rings is 2. The van der Waals surface area contributed by atoms with Gasteiger partial charge in [0.2, 0.25) is 5.91 Å². The van der Waals surface area contributed by atoms with Crippen LogP contribution in [0, 0.1) is 13.8 Å². The molecule has 3 nitrogen and oxygen atoms in total. The molecular formula is C22H23NO2. The predicted octanol–water partition coefficient (Wildman–Crippen LogP) is 4.00. The zero-order chi connectivity index (χ0) is 18.4. The first-order valence-corrected chi connectivity index (χ1v) is 8.21. The number of nitrogens with one attached hydrogen (secondary N) is 1. The summed E-state index contributed by atoms with van der Waals surface area (Å²) in [5.41, 5.74) is 5.64. The molecule has 0 radical (unpaired) electrons. The van der Waals surface area contributed by atoms with Crippen molar-refractivity contribution in [1.29, 1.82) is 0 Å². The Balaban J connectivity index is 2.68. The molecule has 0 unspecified atom stereocenters. The maximum absolute atomic E-state index is 12.4. The third-order valence-electron chi connectivity index (χ3n) is 4.07. The Morgan fingerprint density at radius 1 is 1.08 bits per heavy atom. The molecule has 1 amide bonds. The highest BCUT2D eigenvalue weighted by atomic mass is 16.1. The summed E-state index contributed by atoms with van der Waals surface area (Å²) in [6.45, 7) is 9.22. The number of carbonyl (C=O) groups excluding carboxylic acids is 2. The van der Waals surface area contributed by atoms with Crippen LogP contribution >= 0.6 is 0 Å². The molecule has 0 aliphatic heterocycles. The van der Waals surface area contributed by atoms with Gasteiger partial charge in [0.05, 0.1) is 0 Å². The Morgan fingerprint density at radius 3 is 2.32 bits per heavy atom. The van der Waals surface area contributed by atoms with Crippen molar-refractivity contribution in [2.75, 3.05) is 6.54 Å². The lowest BCUT2D eigenvalue weighted by atomic mass is 9.88. The van der Waals surface area contributed by atoms with Crippen molar-refractivity contribution in [3.63, 3.8) is 0 Å². The molecular weight excluding hydrogens is 310 g/mol. The lowest BCUT2D eigenvalue weighted by molar-refractivity contribution is -0.116. The van der Waals surface area contributed by atoms with Gasteiger partial charge in [-0.3, -0.25) is 9.59 Å². The average Bonchev–Trinajstić information content (AvgIpc) is 2.59. The molecule has 0 fully saturated rings. The summed E-state index contributed by atoms with van der Waals surface area (Å²) in [7, 11) is 0. The van der Waals surface area contributed by atoms with E-state index in [2.05, 4.69) is 18.0 Å². The Hall–Kier alpha value is -2.94. The van der Waals surface area contributed by atoms with Gasteiger partial charge in [-0.2, -0.15) is 0 Å². The zero-order valence-corrected chi connectivity index (χ0v) is 14.9. The minimum absolute atomic E-state index is 0.0665. The summed E-state index contributed by atoms with van der Waals surface area (Å²) < 4.78 is 0. The highest BCUT2D eigenvalue weighted by molar-refractivity contribution is 6.06. The molecule has 0 aliphatic rings. The quantitative estimate of drug-likeness (QED) is 0.812. The minimum Gasteiger partial charge on any atom is -0.348 e. The summed E-state index contributed by atoms with van der Waals surface area (Å²) in [5.74, 6) is -0.366. The number of hydrogen-bond donors (Lipinski definition) is 1. The summed E-state index contributed by atoms with van der Waals surface area (Å²) in [4.78, 5) is 24.0. The Labute approximate surface area is 149 Å². The maximum Gasteiger partial charge on any atom is 0.243 e. The lowest BCUT2D eigenvalue weighted by Gasteiger charge is -2.17. The van der Waals surface area contributed by atoms with Crippen molar-refractivity contribution in [2.45, 2.75) is 20.8 Å². The predicted molar refractivity (Wildman–Crippen MR) is 102 cm³/mol. The fourth-order valence-corrected chi connectivity index (χ4v) is 2.83. The number of Topliss-reactive ketones (excluding diaryl/α,β-unsaturated/α-hetero) is 1. The van der Waals surface area contributed by atoms with Crippen molar-refractivity contribution in [1.82, 2.24) is 5.32 Å². The molecule has 0 saturated carbocycles. The van der Waals surface area contributed by atoms with Gasteiger partial charge in [-0.1, -0.05) is 60.7 Å². The summed E-state index contributed by atoms with van der Waals surface area (Å²) in [6.07, 6.45) is 1.21. The van der Waals surface area contributed by atoms with Crippen LogP contribution in [-0.2, 0) is 9.59 Å². The van der Waals surface area contributed by atoms with E-state index in [4.69, 9.17) is 0 Å². The van der Waals surface area contributed by atoms with Gasteiger partial charge in [0.25, 0.3) is 0 Å². The molecule has 128 valence electrons. The smallest absolute Gasteiger partial charge is 0.243 e. The molecule has 0 aromatic heterocycles. The Morgan fingerprint density at radius 2 is 1.76 bits per heavy atom. The van der Waals surface area contributed by atoms with Crippen LogP contribution in [0.3, 0.4) is 0 Å². The van der Waals surface area contributed by atoms with E-state index >= 15 is 0 Å². The number of aryl methyl sites for hydroxylation is 2. The summed E-state index contributed by atoms with van der Waals surface area (Å²) in [5, 5.41) is 2.73. The van der Waals surface area contributed by atoms with E-state index in [-0.39, 0.29) is 18.2 Å². The normalized spacial score (nSPS) is 11.5. The molecule has 25 heavy (non-hydrogen) atoms. The standard InChI is InChI=1S/C22H23NO2/c1-5-21(25)23-14-20(17(4)24)22(18-9-7-6-8-10-18)19-12-11-15(2)13-16(19)3/h5-13H,1,14H2,2-4H3,(H,23,25)/b22-20-. The summed E-state index contributed by atoms with van der Waals surface area (Å²) in [6, 6.07) is 15.9. The second-order valence-corrected chi connectivity index (χ2v) is 6.02. The van der Waals surface area contributed by atoms with Gasteiger partial charge in [-0.25, -0.2) is 0 Å². The van der Waals surface area contributed by atoms with E-state index in [9.17, 15) is 9.59 Å². The molecule has 0 bridgehead atoms. The van der Waals surface area contributed by atoms with Crippen LogP contribution in [-0.4, -0.2) is 18.2 Å². The SMILES string of the molecule is C=CC(=O)NC/C(C(C)=O)=C(\c1ccccc1)c1ccc(C)cc1C. The van der Waals surface area contributed by atoms with Gasteiger partial charge in [-0.05, 0) is 49.1 Å². The van der Waals surface area contributed by atoms with Gasteiger partial charge >= 0.3 is 0 Å². The molecule has 0 atom stereocenters. The number of hydrogen-bond acceptors (Lipinski definition) is 2. The molecule has 0 heterocycles. The second kappa shape index (κ2) is 8.25. The average molecular weight is 333 g/mol. The van der Waals surface area contributed by atoms with E-state index in [0.717, 1.165) is 27.8 Å². The van der Waals surface area contributed by atoms with E-state index in [1.165, 1.54) is 13.0 Å². The monoisotopic (exact) mass is 333 g/mol. The third-order valence-corrected chi connectivity index (χ3v) is 4.07. The minimum atomic E-state index is -0.299. The van der Waals surface area contributed by atoms with Gasteiger partial charge < -0.3 is 5.32 Å². The molecule has 2 aromatic rings. The third kappa shape index (κ3) is 4.54. The number of amides is 1. The maximum atomic E-state index is 12.4. The van der Waals surface area contributed by atoms with Gasteiger partial charge in [0, 0.05) is 12.1 Å². The molecule has 1 N–H and O–H groups in total. The molecule has 2 rings (SSSR count). The van der Waals surface area contributed by atoms with Crippen molar-refractivity contribution in [3.8, 4) is 0 Å². The van der Waals surface area contributed by atoms with E-state index in [1.807, 2.05) is 56.3 Å². The van der Waals surface area contributed by atoms with Crippen LogP contribution in [0.2, 0.25) is 0 Å². The van der Waals surface area contributed by atoms with Crippen LogP contribution in [0.5, 0.6) is 0 Å².